The molecule has 0 fully saturated rings. The van der Waals surface area contributed by atoms with Gasteiger partial charge in [-0.05, 0) is 18.6 Å². The quantitative estimate of drug-likeness (QED) is 0.814. The Balaban J connectivity index is 2.29. The highest BCUT2D eigenvalue weighted by Crippen LogP contribution is 2.22. The number of aryl methyl sites for hydroxylation is 1. The molecule has 1 unspecified atom stereocenters. The molecule has 0 aliphatic heterocycles. The van der Waals surface area contributed by atoms with Gasteiger partial charge in [0.1, 0.15) is 5.01 Å². The van der Waals surface area contributed by atoms with Crippen LogP contribution in [0.2, 0.25) is 0 Å². The van der Waals surface area contributed by atoms with Crippen molar-refractivity contribution in [2.45, 2.75) is 13.0 Å². The molecular weight excluding hydrogens is 194 g/mol. The van der Waals surface area contributed by atoms with E-state index in [1.54, 1.807) is 23.7 Å². The first kappa shape index (κ1) is 9.30. The number of aromatic nitrogens is 2. The van der Waals surface area contributed by atoms with E-state index in [0.29, 0.717) is 0 Å². The second-order valence-electron chi connectivity index (χ2n) is 3.07. The predicted molar refractivity (Wildman–Crippen MR) is 57.1 cm³/mol. The summed E-state index contributed by atoms with van der Waals surface area (Å²) in [6.07, 6.45) is 5.36. The molecule has 0 amide bonds. The number of hydrogen-bond acceptors (Lipinski definition) is 4. The van der Waals surface area contributed by atoms with Gasteiger partial charge in [0.05, 0.1) is 6.04 Å². The van der Waals surface area contributed by atoms with E-state index in [2.05, 4.69) is 9.97 Å². The molecule has 2 aromatic rings. The normalized spacial score (nSPS) is 12.7. The smallest absolute Gasteiger partial charge is 0.114 e. The van der Waals surface area contributed by atoms with Gasteiger partial charge in [-0.3, -0.25) is 4.98 Å². The maximum Gasteiger partial charge on any atom is 0.114 e. The second kappa shape index (κ2) is 3.86. The molecule has 2 rings (SSSR count). The molecule has 0 aliphatic carbocycles. The van der Waals surface area contributed by atoms with Crippen LogP contribution in [0.15, 0.2) is 30.7 Å². The zero-order valence-electron chi connectivity index (χ0n) is 7.84. The van der Waals surface area contributed by atoms with Crippen LogP contribution < -0.4 is 5.73 Å². The van der Waals surface area contributed by atoms with Crippen LogP contribution in [0.4, 0.5) is 0 Å². The summed E-state index contributed by atoms with van der Waals surface area (Å²) in [5.74, 6) is 0. The van der Waals surface area contributed by atoms with E-state index >= 15 is 0 Å². The Morgan fingerprint density at radius 3 is 2.86 bits per heavy atom. The monoisotopic (exact) mass is 205 g/mol. The maximum absolute atomic E-state index is 6.04. The fourth-order valence-electron chi connectivity index (χ4n) is 1.22. The van der Waals surface area contributed by atoms with E-state index in [1.165, 1.54) is 4.88 Å². The first-order valence-corrected chi connectivity index (χ1v) is 5.17. The van der Waals surface area contributed by atoms with Crippen LogP contribution in [0, 0.1) is 6.92 Å². The summed E-state index contributed by atoms with van der Waals surface area (Å²) in [6.45, 7) is 2.02. The molecule has 72 valence electrons. The molecule has 2 heterocycles. The lowest BCUT2D eigenvalue weighted by molar-refractivity contribution is 0.850. The van der Waals surface area contributed by atoms with Gasteiger partial charge in [-0.15, -0.1) is 11.3 Å². The molecule has 0 aromatic carbocycles. The number of hydrogen-bond donors (Lipinski definition) is 1. The first-order valence-electron chi connectivity index (χ1n) is 4.35. The van der Waals surface area contributed by atoms with Gasteiger partial charge in [-0.25, -0.2) is 4.98 Å². The van der Waals surface area contributed by atoms with Crippen molar-refractivity contribution in [2.75, 3.05) is 0 Å². The number of nitrogens with two attached hydrogens (primary N) is 1. The van der Waals surface area contributed by atoms with E-state index in [9.17, 15) is 0 Å². The predicted octanol–water partition coefficient (Wildman–Crippen LogP) is 1.89. The minimum atomic E-state index is -0.151. The van der Waals surface area contributed by atoms with Crippen LogP contribution in [0.25, 0.3) is 0 Å². The standard InChI is InChI=1S/C10H11N3S/c1-7-5-13-10(14-7)9(11)8-3-2-4-12-6-8/h2-6,9H,11H2,1H3. The van der Waals surface area contributed by atoms with Crippen LogP contribution >= 0.6 is 11.3 Å². The summed E-state index contributed by atoms with van der Waals surface area (Å²) in [6, 6.07) is 3.70. The molecule has 0 radical (unpaired) electrons. The molecule has 2 aromatic heterocycles. The number of rotatable bonds is 2. The summed E-state index contributed by atoms with van der Waals surface area (Å²) in [5, 5.41) is 0.940. The van der Waals surface area contributed by atoms with Crippen molar-refractivity contribution < 1.29 is 0 Å². The number of thiazole rings is 1. The molecule has 0 aliphatic rings. The van der Waals surface area contributed by atoms with Crippen molar-refractivity contribution in [3.8, 4) is 0 Å². The molecule has 0 saturated carbocycles. The number of nitrogens with zero attached hydrogens (tertiary/aromatic N) is 2. The highest BCUT2D eigenvalue weighted by atomic mass is 32.1. The molecule has 14 heavy (non-hydrogen) atoms. The fraction of sp³-hybridized carbons (Fsp3) is 0.200. The topological polar surface area (TPSA) is 51.8 Å². The van der Waals surface area contributed by atoms with Gasteiger partial charge >= 0.3 is 0 Å². The lowest BCUT2D eigenvalue weighted by Crippen LogP contribution is -2.11. The molecule has 0 saturated heterocycles. The van der Waals surface area contributed by atoms with Gasteiger partial charge in [-0.2, -0.15) is 0 Å². The summed E-state index contributed by atoms with van der Waals surface area (Å²) >= 11 is 1.63. The van der Waals surface area contributed by atoms with Crippen LogP contribution in [-0.2, 0) is 0 Å². The Labute approximate surface area is 86.6 Å². The van der Waals surface area contributed by atoms with Gasteiger partial charge in [0.25, 0.3) is 0 Å². The summed E-state index contributed by atoms with van der Waals surface area (Å²) < 4.78 is 0. The Kier molecular flexibility index (Phi) is 2.56. The molecule has 0 spiro atoms. The number of pyridine rings is 1. The van der Waals surface area contributed by atoms with Gasteiger partial charge in [-0.1, -0.05) is 6.07 Å². The minimum absolute atomic E-state index is 0.151. The van der Waals surface area contributed by atoms with Crippen molar-refractivity contribution in [3.63, 3.8) is 0 Å². The molecule has 1 atom stereocenters. The van der Waals surface area contributed by atoms with Crippen LogP contribution in [0.5, 0.6) is 0 Å². The van der Waals surface area contributed by atoms with Crippen LogP contribution in [0.3, 0.4) is 0 Å². The minimum Gasteiger partial charge on any atom is -0.318 e. The summed E-state index contributed by atoms with van der Waals surface area (Å²) in [5.41, 5.74) is 7.04. The van der Waals surface area contributed by atoms with Gasteiger partial charge < -0.3 is 5.73 Å². The first-order chi connectivity index (χ1) is 6.77. The molecular formula is C10H11N3S. The van der Waals surface area contributed by atoms with Gasteiger partial charge in [0.2, 0.25) is 0 Å². The molecule has 4 heteroatoms. The molecule has 0 bridgehead atoms. The van der Waals surface area contributed by atoms with Gasteiger partial charge in [0.15, 0.2) is 0 Å². The van der Waals surface area contributed by atoms with Crippen molar-refractivity contribution in [2.24, 2.45) is 5.73 Å². The van der Waals surface area contributed by atoms with Crippen molar-refractivity contribution in [3.05, 3.63) is 46.2 Å². The zero-order chi connectivity index (χ0) is 9.97. The zero-order valence-corrected chi connectivity index (χ0v) is 8.66. The SMILES string of the molecule is Cc1cnc(C(N)c2cccnc2)s1. The fourth-order valence-corrected chi connectivity index (χ4v) is 2.02. The van der Waals surface area contributed by atoms with Crippen molar-refractivity contribution in [1.82, 2.24) is 9.97 Å². The van der Waals surface area contributed by atoms with E-state index in [-0.39, 0.29) is 6.04 Å². The Morgan fingerprint density at radius 2 is 2.29 bits per heavy atom. The average Bonchev–Trinajstić information content (AvgIpc) is 2.65. The van der Waals surface area contributed by atoms with E-state index < -0.39 is 0 Å². The molecule has 2 N–H and O–H groups in total. The second-order valence-corrected chi connectivity index (χ2v) is 4.34. The van der Waals surface area contributed by atoms with E-state index in [1.807, 2.05) is 25.3 Å². The van der Waals surface area contributed by atoms with E-state index in [4.69, 9.17) is 5.73 Å². The third-order valence-electron chi connectivity index (χ3n) is 1.95. The average molecular weight is 205 g/mol. The lowest BCUT2D eigenvalue weighted by Gasteiger charge is -2.06. The Hall–Kier alpha value is -1.26. The van der Waals surface area contributed by atoms with Crippen LogP contribution in [-0.4, -0.2) is 9.97 Å². The molecule has 3 nitrogen and oxygen atoms in total. The van der Waals surface area contributed by atoms with Crippen molar-refractivity contribution in [1.29, 1.82) is 0 Å². The summed E-state index contributed by atoms with van der Waals surface area (Å²) in [7, 11) is 0. The van der Waals surface area contributed by atoms with Crippen molar-refractivity contribution >= 4 is 11.3 Å². The van der Waals surface area contributed by atoms with Crippen LogP contribution in [0.1, 0.15) is 21.5 Å². The third kappa shape index (κ3) is 1.81. The summed E-state index contributed by atoms with van der Waals surface area (Å²) in [4.78, 5) is 9.47. The highest BCUT2D eigenvalue weighted by molar-refractivity contribution is 7.11. The Morgan fingerprint density at radius 1 is 1.43 bits per heavy atom. The largest absolute Gasteiger partial charge is 0.318 e. The lowest BCUT2D eigenvalue weighted by atomic mass is 10.1. The Bertz CT molecular complexity index is 410. The highest BCUT2D eigenvalue weighted by Gasteiger charge is 2.11. The maximum atomic E-state index is 6.04. The third-order valence-corrected chi connectivity index (χ3v) is 2.94. The van der Waals surface area contributed by atoms with E-state index in [0.717, 1.165) is 10.6 Å². The van der Waals surface area contributed by atoms with Gasteiger partial charge in [0, 0.05) is 23.5 Å².